The van der Waals surface area contributed by atoms with Gasteiger partial charge in [0.15, 0.2) is 0 Å². The van der Waals surface area contributed by atoms with Crippen LogP contribution in [0.2, 0.25) is 0 Å². The van der Waals surface area contributed by atoms with Gasteiger partial charge in [0.25, 0.3) is 0 Å². The number of aryl methyl sites for hydroxylation is 2. The Bertz CT molecular complexity index is 677. The van der Waals surface area contributed by atoms with Crippen molar-refractivity contribution < 1.29 is 5.11 Å². The minimum atomic E-state index is 0.256. The summed E-state index contributed by atoms with van der Waals surface area (Å²) < 4.78 is 0. The van der Waals surface area contributed by atoms with Crippen molar-refractivity contribution in [2.24, 2.45) is 0 Å². The average molecular weight is 244 g/mol. The van der Waals surface area contributed by atoms with Crippen LogP contribution in [0.15, 0.2) is 24.3 Å². The predicted molar refractivity (Wildman–Crippen MR) is 70.5 cm³/mol. The highest BCUT2D eigenvalue weighted by Gasteiger charge is 2.09. The lowest BCUT2D eigenvalue weighted by atomic mass is 10.3. The summed E-state index contributed by atoms with van der Waals surface area (Å²) in [7, 11) is 0. The Balaban J connectivity index is 2.17. The number of aromatic hydroxyl groups is 1. The Hall–Kier alpha value is -1.81. The molecule has 2 aromatic heterocycles. The fourth-order valence-corrected chi connectivity index (χ4v) is 2.78. The summed E-state index contributed by atoms with van der Waals surface area (Å²) in [6, 6.07) is 7.30. The average Bonchev–Trinajstić information content (AvgIpc) is 2.83. The van der Waals surface area contributed by atoms with Gasteiger partial charge in [-0.15, -0.1) is 11.3 Å². The van der Waals surface area contributed by atoms with Gasteiger partial charge in [0.2, 0.25) is 0 Å². The highest BCUT2D eigenvalue weighted by Crippen LogP contribution is 2.30. The van der Waals surface area contributed by atoms with Crippen LogP contribution in [0.3, 0.4) is 0 Å². The molecule has 86 valence electrons. The van der Waals surface area contributed by atoms with Crippen molar-refractivity contribution in [1.82, 2.24) is 9.97 Å². The van der Waals surface area contributed by atoms with E-state index >= 15 is 0 Å². The van der Waals surface area contributed by atoms with Gasteiger partial charge < -0.3 is 10.1 Å². The van der Waals surface area contributed by atoms with E-state index in [1.54, 1.807) is 23.5 Å². The van der Waals surface area contributed by atoms with Gasteiger partial charge in [-0.05, 0) is 37.6 Å². The van der Waals surface area contributed by atoms with Crippen LogP contribution in [0, 0.1) is 13.8 Å². The van der Waals surface area contributed by atoms with Crippen LogP contribution in [-0.2, 0) is 0 Å². The Kier molecular flexibility index (Phi) is 2.19. The zero-order chi connectivity index (χ0) is 12.0. The largest absolute Gasteiger partial charge is 0.508 e. The van der Waals surface area contributed by atoms with E-state index < -0.39 is 0 Å². The zero-order valence-corrected chi connectivity index (χ0v) is 10.4. The Morgan fingerprint density at radius 3 is 2.76 bits per heavy atom. The number of phenolic OH excluding ortho intramolecular Hbond substituents is 1. The molecule has 0 radical (unpaired) electrons. The van der Waals surface area contributed by atoms with Crippen molar-refractivity contribution in [1.29, 1.82) is 0 Å². The highest BCUT2D eigenvalue weighted by molar-refractivity contribution is 7.15. The van der Waals surface area contributed by atoms with Crippen molar-refractivity contribution >= 4 is 22.4 Å². The van der Waals surface area contributed by atoms with E-state index in [9.17, 15) is 5.11 Å². The molecule has 0 aliphatic carbocycles. The van der Waals surface area contributed by atoms with Crippen molar-refractivity contribution in [3.05, 3.63) is 34.7 Å². The van der Waals surface area contributed by atoms with Gasteiger partial charge in [-0.1, -0.05) is 0 Å². The van der Waals surface area contributed by atoms with Crippen molar-refractivity contribution in [3.8, 4) is 16.5 Å². The molecule has 17 heavy (non-hydrogen) atoms. The summed E-state index contributed by atoms with van der Waals surface area (Å²) in [6.45, 7) is 4.21. The third-order valence-electron chi connectivity index (χ3n) is 2.86. The van der Waals surface area contributed by atoms with Gasteiger partial charge in [0.1, 0.15) is 11.6 Å². The second kappa shape index (κ2) is 3.60. The molecule has 0 saturated heterocycles. The Morgan fingerprint density at radius 2 is 2.06 bits per heavy atom. The molecule has 2 N–H and O–H groups in total. The summed E-state index contributed by atoms with van der Waals surface area (Å²) in [4.78, 5) is 10.2. The molecule has 3 aromatic rings. The van der Waals surface area contributed by atoms with Crippen molar-refractivity contribution in [2.45, 2.75) is 13.8 Å². The molecule has 0 aliphatic rings. The molecule has 0 amide bonds. The van der Waals surface area contributed by atoms with Crippen LogP contribution >= 0.6 is 11.3 Å². The number of hydrogen-bond donors (Lipinski definition) is 2. The molecule has 0 aliphatic heterocycles. The van der Waals surface area contributed by atoms with Gasteiger partial charge in [-0.2, -0.15) is 0 Å². The molecule has 0 bridgehead atoms. The Labute approximate surface area is 103 Å². The smallest absolute Gasteiger partial charge is 0.148 e. The molecule has 0 fully saturated rings. The first-order valence-electron chi connectivity index (χ1n) is 5.39. The Morgan fingerprint density at radius 1 is 1.24 bits per heavy atom. The van der Waals surface area contributed by atoms with E-state index in [1.807, 2.05) is 6.07 Å². The number of hydrogen-bond acceptors (Lipinski definition) is 3. The number of fused-ring (bicyclic) bond motifs is 1. The second-order valence-electron chi connectivity index (χ2n) is 4.14. The summed E-state index contributed by atoms with van der Waals surface area (Å²) in [5, 5.41) is 9.41. The third-order valence-corrected chi connectivity index (χ3v) is 4.02. The molecular formula is C13H12N2OS. The number of H-pyrrole nitrogens is 1. The monoisotopic (exact) mass is 244 g/mol. The quantitative estimate of drug-likeness (QED) is 0.687. The maximum Gasteiger partial charge on any atom is 0.148 e. The second-order valence-corrected chi connectivity index (χ2v) is 5.39. The first kappa shape index (κ1) is 10.4. The number of nitrogens with zero attached hydrogens (tertiary/aromatic N) is 1. The van der Waals surface area contributed by atoms with Gasteiger partial charge in [0.05, 0.1) is 15.9 Å². The van der Waals surface area contributed by atoms with Crippen LogP contribution in [0.5, 0.6) is 5.75 Å². The molecule has 0 spiro atoms. The van der Waals surface area contributed by atoms with E-state index in [-0.39, 0.29) is 5.75 Å². The molecule has 0 unspecified atom stereocenters. The summed E-state index contributed by atoms with van der Waals surface area (Å²) in [5.41, 5.74) is 3.03. The van der Waals surface area contributed by atoms with E-state index in [0.29, 0.717) is 0 Å². The molecule has 0 saturated carbocycles. The van der Waals surface area contributed by atoms with Crippen LogP contribution in [0.4, 0.5) is 0 Å². The number of phenols is 1. The molecule has 0 atom stereocenters. The van der Waals surface area contributed by atoms with Crippen molar-refractivity contribution in [3.63, 3.8) is 0 Å². The number of nitrogens with one attached hydrogen (secondary N) is 1. The van der Waals surface area contributed by atoms with Gasteiger partial charge in [-0.3, -0.25) is 0 Å². The lowest BCUT2D eigenvalue weighted by molar-refractivity contribution is 0.476. The first-order valence-corrected chi connectivity index (χ1v) is 6.21. The zero-order valence-electron chi connectivity index (χ0n) is 9.61. The number of imidazole rings is 1. The molecule has 3 nitrogen and oxygen atoms in total. The topological polar surface area (TPSA) is 48.9 Å². The maximum absolute atomic E-state index is 9.41. The minimum Gasteiger partial charge on any atom is -0.508 e. The minimum absolute atomic E-state index is 0.256. The molecule has 4 heteroatoms. The van der Waals surface area contributed by atoms with Crippen molar-refractivity contribution in [2.75, 3.05) is 0 Å². The predicted octanol–water partition coefficient (Wildman–Crippen LogP) is 3.61. The number of aromatic amines is 1. The SMILES string of the molecule is Cc1cc(-c2nc3ccc(O)cc3[nH]2)sc1C. The fourth-order valence-electron chi connectivity index (χ4n) is 1.80. The summed E-state index contributed by atoms with van der Waals surface area (Å²) in [5.74, 6) is 1.12. The first-order chi connectivity index (χ1) is 8.13. The van der Waals surface area contributed by atoms with Crippen LogP contribution in [0.1, 0.15) is 10.4 Å². The van der Waals surface area contributed by atoms with Gasteiger partial charge >= 0.3 is 0 Å². The van der Waals surface area contributed by atoms with E-state index in [0.717, 1.165) is 21.7 Å². The summed E-state index contributed by atoms with van der Waals surface area (Å²) in [6.07, 6.45) is 0. The van der Waals surface area contributed by atoms with Crippen LogP contribution in [-0.4, -0.2) is 15.1 Å². The highest BCUT2D eigenvalue weighted by atomic mass is 32.1. The van der Waals surface area contributed by atoms with E-state index in [4.69, 9.17) is 0 Å². The van der Waals surface area contributed by atoms with E-state index in [1.165, 1.54) is 10.4 Å². The number of rotatable bonds is 1. The lowest BCUT2D eigenvalue weighted by Gasteiger charge is -1.88. The lowest BCUT2D eigenvalue weighted by Crippen LogP contribution is -1.72. The van der Waals surface area contributed by atoms with E-state index in [2.05, 4.69) is 29.9 Å². The molecule has 3 rings (SSSR count). The normalized spacial score (nSPS) is 11.2. The molecule has 2 heterocycles. The third kappa shape index (κ3) is 1.70. The molecular weight excluding hydrogens is 232 g/mol. The number of benzene rings is 1. The van der Waals surface area contributed by atoms with Crippen LogP contribution in [0.25, 0.3) is 21.7 Å². The molecule has 1 aromatic carbocycles. The van der Waals surface area contributed by atoms with Gasteiger partial charge in [-0.25, -0.2) is 4.98 Å². The number of thiophene rings is 1. The number of aromatic nitrogens is 2. The summed E-state index contributed by atoms with van der Waals surface area (Å²) >= 11 is 1.73. The standard InChI is InChI=1S/C13H12N2OS/c1-7-5-12(17-8(7)2)13-14-10-4-3-9(16)6-11(10)15-13/h3-6,16H,1-2H3,(H,14,15). The van der Waals surface area contributed by atoms with Gasteiger partial charge in [0, 0.05) is 10.9 Å². The fraction of sp³-hybridized carbons (Fsp3) is 0.154. The van der Waals surface area contributed by atoms with Crippen LogP contribution < -0.4 is 0 Å². The maximum atomic E-state index is 9.41.